The molecule has 2 N–H and O–H groups in total. The summed E-state index contributed by atoms with van der Waals surface area (Å²) in [6.45, 7) is 3.24. The third kappa shape index (κ3) is 4.59. The van der Waals surface area contributed by atoms with Gasteiger partial charge in [-0.25, -0.2) is 17.5 Å². The number of nitrogens with one attached hydrogen (secondary N) is 2. The van der Waals surface area contributed by atoms with Crippen molar-refractivity contribution >= 4 is 16.1 Å². The monoisotopic (exact) mass is 383 g/mol. The molecule has 8 nitrogen and oxygen atoms in total. The maximum atomic E-state index is 12.1. The van der Waals surface area contributed by atoms with Crippen molar-refractivity contribution in [2.45, 2.75) is 31.9 Å². The van der Waals surface area contributed by atoms with Gasteiger partial charge in [0.25, 0.3) is 0 Å². The number of sulfonamides is 1. The first-order valence-electron chi connectivity index (χ1n) is 8.88. The van der Waals surface area contributed by atoms with E-state index in [1.165, 1.54) is 4.31 Å². The van der Waals surface area contributed by atoms with Crippen LogP contribution >= 0.6 is 0 Å². The molecule has 2 aliphatic heterocycles. The minimum atomic E-state index is -3.15. The van der Waals surface area contributed by atoms with Gasteiger partial charge in [-0.05, 0) is 31.9 Å². The van der Waals surface area contributed by atoms with Gasteiger partial charge < -0.3 is 20.1 Å². The second-order valence-electron chi connectivity index (χ2n) is 6.43. The van der Waals surface area contributed by atoms with E-state index in [4.69, 9.17) is 9.47 Å². The van der Waals surface area contributed by atoms with Gasteiger partial charge in [0.15, 0.2) is 17.6 Å². The highest BCUT2D eigenvalue weighted by molar-refractivity contribution is 7.89. The molecule has 26 heavy (non-hydrogen) atoms. The Hall–Kier alpha value is -2.00. The number of nitrogens with zero attached hydrogens (tertiary/aromatic N) is 1. The Kier molecular flexibility index (Phi) is 5.87. The number of carbonyl (C=O) groups excluding carboxylic acids is 1. The van der Waals surface area contributed by atoms with E-state index >= 15 is 0 Å². The lowest BCUT2D eigenvalue weighted by atomic mass is 10.1. The van der Waals surface area contributed by atoms with Crippen LogP contribution in [0, 0.1) is 0 Å². The normalized spacial score (nSPS) is 21.2. The molecule has 0 saturated carbocycles. The van der Waals surface area contributed by atoms with Gasteiger partial charge in [-0.2, -0.15) is 0 Å². The summed E-state index contributed by atoms with van der Waals surface area (Å²) in [7, 11) is -3.15. The van der Waals surface area contributed by atoms with Gasteiger partial charge in [0.1, 0.15) is 6.61 Å². The smallest absolute Gasteiger partial charge is 0.315 e. The molecule has 1 unspecified atom stereocenters. The molecule has 144 valence electrons. The average Bonchev–Trinajstić information content (AvgIpc) is 2.66. The summed E-state index contributed by atoms with van der Waals surface area (Å²) in [6, 6.07) is 7.13. The lowest BCUT2D eigenvalue weighted by molar-refractivity contribution is 0.0916. The first kappa shape index (κ1) is 18.8. The van der Waals surface area contributed by atoms with E-state index in [-0.39, 0.29) is 23.9 Å². The van der Waals surface area contributed by atoms with E-state index in [1.54, 1.807) is 6.92 Å². The zero-order valence-corrected chi connectivity index (χ0v) is 15.6. The van der Waals surface area contributed by atoms with Crippen LogP contribution in [0.5, 0.6) is 11.5 Å². The zero-order chi connectivity index (χ0) is 18.6. The standard InChI is InChI=1S/C17H25N3O5S/c1-2-26(22,23)20-9-7-13(8-10-20)19-17(21)18-11-14-12-24-15-5-3-4-6-16(15)25-14/h3-6,13-14H,2,7-12H2,1H3,(H2,18,19,21). The van der Waals surface area contributed by atoms with Crippen LogP contribution in [-0.2, 0) is 10.0 Å². The molecule has 1 saturated heterocycles. The topological polar surface area (TPSA) is 97.0 Å². The molecule has 0 spiro atoms. The highest BCUT2D eigenvalue weighted by atomic mass is 32.2. The van der Waals surface area contributed by atoms with Gasteiger partial charge in [0.2, 0.25) is 10.0 Å². The third-order valence-electron chi connectivity index (χ3n) is 4.61. The van der Waals surface area contributed by atoms with Gasteiger partial charge in [0, 0.05) is 19.1 Å². The number of rotatable bonds is 5. The van der Waals surface area contributed by atoms with Crippen LogP contribution in [0.15, 0.2) is 24.3 Å². The Morgan fingerprint density at radius 2 is 1.92 bits per heavy atom. The fraction of sp³-hybridized carbons (Fsp3) is 0.588. The fourth-order valence-corrected chi connectivity index (χ4v) is 4.20. The van der Waals surface area contributed by atoms with Crippen molar-refractivity contribution in [1.82, 2.24) is 14.9 Å². The molecule has 1 aromatic carbocycles. The Bertz CT molecular complexity index is 732. The molecule has 2 aliphatic rings. The van der Waals surface area contributed by atoms with Crippen molar-refractivity contribution in [1.29, 1.82) is 0 Å². The Morgan fingerprint density at radius 1 is 1.23 bits per heavy atom. The summed E-state index contributed by atoms with van der Waals surface area (Å²) in [4.78, 5) is 12.1. The van der Waals surface area contributed by atoms with E-state index in [0.29, 0.717) is 50.6 Å². The van der Waals surface area contributed by atoms with Gasteiger partial charge >= 0.3 is 6.03 Å². The van der Waals surface area contributed by atoms with Crippen LogP contribution in [0.25, 0.3) is 0 Å². The first-order valence-corrected chi connectivity index (χ1v) is 10.5. The Labute approximate surface area is 153 Å². The number of hydrogen-bond acceptors (Lipinski definition) is 5. The number of hydrogen-bond donors (Lipinski definition) is 2. The maximum absolute atomic E-state index is 12.1. The van der Waals surface area contributed by atoms with Crippen LogP contribution in [0.4, 0.5) is 4.79 Å². The largest absolute Gasteiger partial charge is 0.486 e. The number of para-hydroxylation sites is 2. The van der Waals surface area contributed by atoms with Crippen molar-refractivity contribution in [2.24, 2.45) is 0 Å². The summed E-state index contributed by atoms with van der Waals surface area (Å²) < 4.78 is 36.6. The highest BCUT2D eigenvalue weighted by Gasteiger charge is 2.27. The van der Waals surface area contributed by atoms with Crippen molar-refractivity contribution in [2.75, 3.05) is 32.0 Å². The second-order valence-corrected chi connectivity index (χ2v) is 8.68. The number of benzene rings is 1. The van der Waals surface area contributed by atoms with Crippen LogP contribution in [0.2, 0.25) is 0 Å². The number of amides is 2. The summed E-state index contributed by atoms with van der Waals surface area (Å²) in [5, 5.41) is 5.70. The zero-order valence-electron chi connectivity index (χ0n) is 14.8. The SMILES string of the molecule is CCS(=O)(=O)N1CCC(NC(=O)NCC2COc3ccccc3O2)CC1. The van der Waals surface area contributed by atoms with Crippen molar-refractivity contribution in [3.8, 4) is 11.5 Å². The molecule has 1 aromatic rings. The highest BCUT2D eigenvalue weighted by Crippen LogP contribution is 2.30. The molecule has 0 radical (unpaired) electrons. The minimum Gasteiger partial charge on any atom is -0.486 e. The molecule has 2 heterocycles. The summed E-state index contributed by atoms with van der Waals surface area (Å²) >= 11 is 0. The van der Waals surface area contributed by atoms with Gasteiger partial charge in [-0.1, -0.05) is 12.1 Å². The Morgan fingerprint density at radius 3 is 2.62 bits per heavy atom. The molecule has 0 bridgehead atoms. The number of piperidine rings is 1. The van der Waals surface area contributed by atoms with Crippen molar-refractivity contribution in [3.63, 3.8) is 0 Å². The number of urea groups is 1. The predicted octanol–water partition coefficient (Wildman–Crippen LogP) is 0.940. The molecule has 3 rings (SSSR count). The summed E-state index contributed by atoms with van der Waals surface area (Å²) in [5.41, 5.74) is 0. The molecular weight excluding hydrogens is 358 g/mol. The molecule has 1 atom stereocenters. The molecule has 0 aliphatic carbocycles. The van der Waals surface area contributed by atoms with Gasteiger partial charge in [-0.15, -0.1) is 0 Å². The molecule has 9 heteroatoms. The lowest BCUT2D eigenvalue weighted by Gasteiger charge is -2.31. The number of carbonyl (C=O) groups is 1. The summed E-state index contributed by atoms with van der Waals surface area (Å²) in [6.07, 6.45) is 0.985. The minimum absolute atomic E-state index is 0.0254. The predicted molar refractivity (Wildman–Crippen MR) is 96.9 cm³/mol. The maximum Gasteiger partial charge on any atom is 0.315 e. The van der Waals surface area contributed by atoms with E-state index in [0.717, 1.165) is 0 Å². The van der Waals surface area contributed by atoms with E-state index in [1.807, 2.05) is 24.3 Å². The van der Waals surface area contributed by atoms with Crippen molar-refractivity contribution < 1.29 is 22.7 Å². The molecule has 1 fully saturated rings. The van der Waals surface area contributed by atoms with E-state index in [2.05, 4.69) is 10.6 Å². The number of ether oxygens (including phenoxy) is 2. The molecular formula is C17H25N3O5S. The first-order chi connectivity index (χ1) is 12.5. The average molecular weight is 383 g/mol. The number of fused-ring (bicyclic) bond motifs is 1. The quantitative estimate of drug-likeness (QED) is 0.789. The third-order valence-corrected chi connectivity index (χ3v) is 6.49. The molecule has 0 aromatic heterocycles. The molecule has 2 amide bonds. The Balaban J connectivity index is 1.39. The van der Waals surface area contributed by atoms with Gasteiger partial charge in [-0.3, -0.25) is 0 Å². The van der Waals surface area contributed by atoms with Crippen LogP contribution in [-0.4, -0.2) is 62.9 Å². The van der Waals surface area contributed by atoms with Gasteiger partial charge in [0.05, 0.1) is 12.3 Å². The van der Waals surface area contributed by atoms with Crippen molar-refractivity contribution in [3.05, 3.63) is 24.3 Å². The van der Waals surface area contributed by atoms with E-state index in [9.17, 15) is 13.2 Å². The summed E-state index contributed by atoms with van der Waals surface area (Å²) in [5.74, 6) is 1.50. The fourth-order valence-electron chi connectivity index (χ4n) is 3.07. The van der Waals surface area contributed by atoms with E-state index < -0.39 is 10.0 Å². The second kappa shape index (κ2) is 8.13. The van der Waals surface area contributed by atoms with Crippen LogP contribution in [0.3, 0.4) is 0 Å². The van der Waals surface area contributed by atoms with Crippen LogP contribution < -0.4 is 20.1 Å². The lowest BCUT2D eigenvalue weighted by Crippen LogP contribution is -2.51. The van der Waals surface area contributed by atoms with Crippen LogP contribution in [0.1, 0.15) is 19.8 Å².